The predicted octanol–water partition coefficient (Wildman–Crippen LogP) is 5.04. The summed E-state index contributed by atoms with van der Waals surface area (Å²) >= 11 is 0. The van der Waals surface area contributed by atoms with E-state index in [-0.39, 0.29) is 16.7 Å². The minimum absolute atomic E-state index is 0.000332. The summed E-state index contributed by atoms with van der Waals surface area (Å²) in [6.45, 7) is 0.352. The Bertz CT molecular complexity index is 1270. The lowest BCUT2D eigenvalue weighted by Crippen LogP contribution is -2.35. The largest absolute Gasteiger partial charge is 0.494 e. The third-order valence-corrected chi connectivity index (χ3v) is 8.01. The number of sulfonamides is 1. The van der Waals surface area contributed by atoms with Crippen LogP contribution in [0.3, 0.4) is 0 Å². The van der Waals surface area contributed by atoms with Crippen molar-refractivity contribution in [2.45, 2.75) is 36.7 Å². The van der Waals surface area contributed by atoms with Gasteiger partial charge >= 0.3 is 0 Å². The molecule has 0 saturated carbocycles. The van der Waals surface area contributed by atoms with Crippen molar-refractivity contribution < 1.29 is 22.3 Å². The second kappa shape index (κ2) is 8.13. The number of methoxy groups -OCH3 is 1. The molecule has 0 spiro atoms. The molecule has 1 aliphatic heterocycles. The molecule has 0 saturated heterocycles. The minimum Gasteiger partial charge on any atom is -0.494 e. The zero-order chi connectivity index (χ0) is 22.3. The van der Waals surface area contributed by atoms with Crippen LogP contribution in [0.5, 0.6) is 11.5 Å². The summed E-state index contributed by atoms with van der Waals surface area (Å²) in [7, 11) is -2.57. The zero-order valence-corrected chi connectivity index (χ0v) is 18.6. The number of rotatable bonds is 5. The maximum absolute atomic E-state index is 13.8. The van der Waals surface area contributed by atoms with Crippen molar-refractivity contribution in [2.24, 2.45) is 0 Å². The molecule has 0 amide bonds. The van der Waals surface area contributed by atoms with Crippen LogP contribution in [-0.4, -0.2) is 22.1 Å². The SMILES string of the molecule is COc1cc(S(=O)(=O)N2CCCc3ccc(OC4CCc5ccccc54)cc32)ccc1F. The van der Waals surface area contributed by atoms with Crippen molar-refractivity contribution in [2.75, 3.05) is 18.0 Å². The van der Waals surface area contributed by atoms with E-state index >= 15 is 0 Å². The average Bonchev–Trinajstić information content (AvgIpc) is 3.21. The highest BCUT2D eigenvalue weighted by Gasteiger charge is 2.31. The Morgan fingerprint density at radius 1 is 1.00 bits per heavy atom. The first-order valence-corrected chi connectivity index (χ1v) is 12.1. The Morgan fingerprint density at radius 2 is 1.84 bits per heavy atom. The van der Waals surface area contributed by atoms with Crippen LogP contribution in [0.15, 0.2) is 65.6 Å². The van der Waals surface area contributed by atoms with Gasteiger partial charge in [0.1, 0.15) is 11.9 Å². The number of ether oxygens (including phenoxy) is 2. The van der Waals surface area contributed by atoms with E-state index in [0.29, 0.717) is 24.4 Å². The quantitative estimate of drug-likeness (QED) is 0.543. The summed E-state index contributed by atoms with van der Waals surface area (Å²) in [5.41, 5.74) is 4.05. The third-order valence-electron chi connectivity index (χ3n) is 6.20. The summed E-state index contributed by atoms with van der Waals surface area (Å²) in [6.07, 6.45) is 3.33. The number of halogens is 1. The van der Waals surface area contributed by atoms with Crippen molar-refractivity contribution in [3.05, 3.63) is 83.2 Å². The molecule has 1 heterocycles. The van der Waals surface area contributed by atoms with Gasteiger partial charge in [-0.05, 0) is 60.6 Å². The molecular formula is C25H24FNO4S. The first-order chi connectivity index (χ1) is 15.5. The number of nitrogens with zero attached hydrogens (tertiary/aromatic N) is 1. The maximum atomic E-state index is 13.8. The molecule has 166 valence electrons. The van der Waals surface area contributed by atoms with E-state index in [1.165, 1.54) is 34.7 Å². The molecule has 1 atom stereocenters. The zero-order valence-electron chi connectivity index (χ0n) is 17.8. The molecule has 2 aliphatic rings. The van der Waals surface area contributed by atoms with Gasteiger partial charge in [0.2, 0.25) is 0 Å². The van der Waals surface area contributed by atoms with Gasteiger partial charge in [-0.2, -0.15) is 0 Å². The maximum Gasteiger partial charge on any atom is 0.264 e. The first-order valence-electron chi connectivity index (χ1n) is 10.7. The topological polar surface area (TPSA) is 55.8 Å². The highest BCUT2D eigenvalue weighted by atomic mass is 32.2. The van der Waals surface area contributed by atoms with Crippen LogP contribution in [0.2, 0.25) is 0 Å². The lowest BCUT2D eigenvalue weighted by Gasteiger charge is -2.31. The van der Waals surface area contributed by atoms with Gasteiger partial charge in [-0.1, -0.05) is 30.3 Å². The van der Waals surface area contributed by atoms with Gasteiger partial charge < -0.3 is 9.47 Å². The molecule has 0 bridgehead atoms. The van der Waals surface area contributed by atoms with Crippen molar-refractivity contribution in [1.82, 2.24) is 0 Å². The van der Waals surface area contributed by atoms with Crippen molar-refractivity contribution in [1.29, 1.82) is 0 Å². The molecule has 1 unspecified atom stereocenters. The molecule has 3 aromatic carbocycles. The van der Waals surface area contributed by atoms with Crippen LogP contribution in [0.25, 0.3) is 0 Å². The number of hydrogen-bond donors (Lipinski definition) is 0. The van der Waals surface area contributed by atoms with Crippen LogP contribution in [0.1, 0.15) is 35.6 Å². The number of anilines is 1. The highest BCUT2D eigenvalue weighted by molar-refractivity contribution is 7.92. The minimum atomic E-state index is -3.89. The molecule has 0 fully saturated rings. The van der Waals surface area contributed by atoms with E-state index in [2.05, 4.69) is 12.1 Å². The van der Waals surface area contributed by atoms with Crippen LogP contribution < -0.4 is 13.8 Å². The number of aryl methyl sites for hydroxylation is 2. The van der Waals surface area contributed by atoms with Crippen LogP contribution in [0, 0.1) is 5.82 Å². The van der Waals surface area contributed by atoms with Crippen LogP contribution >= 0.6 is 0 Å². The van der Waals surface area contributed by atoms with Crippen molar-refractivity contribution >= 4 is 15.7 Å². The van der Waals surface area contributed by atoms with Crippen molar-refractivity contribution in [3.8, 4) is 11.5 Å². The van der Waals surface area contributed by atoms with E-state index in [1.807, 2.05) is 30.3 Å². The first kappa shape index (κ1) is 20.8. The fourth-order valence-corrected chi connectivity index (χ4v) is 6.13. The number of fused-ring (bicyclic) bond motifs is 2. The average molecular weight is 454 g/mol. The molecular weight excluding hydrogens is 429 g/mol. The predicted molar refractivity (Wildman–Crippen MR) is 120 cm³/mol. The Labute approximate surface area is 187 Å². The lowest BCUT2D eigenvalue weighted by molar-refractivity contribution is 0.207. The summed E-state index contributed by atoms with van der Waals surface area (Å²) < 4.78 is 53.4. The van der Waals surface area contributed by atoms with Gasteiger partial charge in [0, 0.05) is 18.7 Å². The van der Waals surface area contributed by atoms with Crippen LogP contribution in [-0.2, 0) is 22.9 Å². The van der Waals surface area contributed by atoms with E-state index in [4.69, 9.17) is 9.47 Å². The third kappa shape index (κ3) is 3.60. The Balaban J connectivity index is 1.48. The molecule has 1 aliphatic carbocycles. The summed E-state index contributed by atoms with van der Waals surface area (Å²) in [4.78, 5) is -0.000332. The molecule has 3 aromatic rings. The number of benzene rings is 3. The molecule has 0 aromatic heterocycles. The monoisotopic (exact) mass is 453 g/mol. The standard InChI is InChI=1S/C25H24FNO4S/c1-30-25-16-20(11-12-22(25)26)32(28,29)27-14-4-6-18-8-10-19(15-23(18)27)31-24-13-9-17-5-2-3-7-21(17)24/h2-3,5,7-8,10-12,15-16,24H,4,6,9,13-14H2,1H3. The normalized spacial score (nSPS) is 17.6. The lowest BCUT2D eigenvalue weighted by atomic mass is 10.0. The Kier molecular flexibility index (Phi) is 5.29. The van der Waals surface area contributed by atoms with Gasteiger partial charge in [-0.15, -0.1) is 0 Å². The molecule has 5 nitrogen and oxygen atoms in total. The van der Waals surface area contributed by atoms with Gasteiger partial charge in [-0.3, -0.25) is 4.31 Å². The van der Waals surface area contributed by atoms with E-state index in [9.17, 15) is 12.8 Å². The fourth-order valence-electron chi connectivity index (χ4n) is 4.58. The van der Waals surface area contributed by atoms with E-state index < -0.39 is 15.8 Å². The van der Waals surface area contributed by atoms with Gasteiger partial charge in [0.15, 0.2) is 11.6 Å². The Hall–Kier alpha value is -3.06. The van der Waals surface area contributed by atoms with Gasteiger partial charge in [-0.25, -0.2) is 12.8 Å². The van der Waals surface area contributed by atoms with Crippen molar-refractivity contribution in [3.63, 3.8) is 0 Å². The van der Waals surface area contributed by atoms with Gasteiger partial charge in [0.25, 0.3) is 10.0 Å². The van der Waals surface area contributed by atoms with Crippen LogP contribution in [0.4, 0.5) is 10.1 Å². The summed E-state index contributed by atoms with van der Waals surface area (Å²) in [5.74, 6) is -0.0532. The Morgan fingerprint density at radius 3 is 2.69 bits per heavy atom. The molecule has 0 radical (unpaired) electrons. The summed E-state index contributed by atoms with van der Waals surface area (Å²) in [5, 5.41) is 0. The molecule has 5 rings (SSSR count). The second-order valence-corrected chi connectivity index (χ2v) is 9.97. The molecule has 7 heteroatoms. The highest BCUT2D eigenvalue weighted by Crippen LogP contribution is 2.39. The molecule has 0 N–H and O–H groups in total. The smallest absolute Gasteiger partial charge is 0.264 e. The van der Waals surface area contributed by atoms with E-state index in [1.54, 1.807) is 0 Å². The van der Waals surface area contributed by atoms with Gasteiger partial charge in [0.05, 0.1) is 17.7 Å². The summed E-state index contributed by atoms with van der Waals surface area (Å²) in [6, 6.07) is 17.6. The fraction of sp³-hybridized carbons (Fsp3) is 0.280. The molecule has 32 heavy (non-hydrogen) atoms. The number of hydrogen-bond acceptors (Lipinski definition) is 4. The van der Waals surface area contributed by atoms with E-state index in [0.717, 1.165) is 30.9 Å². The second-order valence-electron chi connectivity index (χ2n) is 8.11.